The second kappa shape index (κ2) is 9.70. The minimum absolute atomic E-state index is 0.00813. The number of benzene rings is 2. The van der Waals surface area contributed by atoms with E-state index in [-0.39, 0.29) is 11.8 Å². The maximum Gasteiger partial charge on any atom is 0.226 e. The highest BCUT2D eigenvalue weighted by molar-refractivity contribution is 5.92. The smallest absolute Gasteiger partial charge is 0.226 e. The highest BCUT2D eigenvalue weighted by Gasteiger charge is 2.20. The third-order valence-corrected chi connectivity index (χ3v) is 5.43. The van der Waals surface area contributed by atoms with Crippen LogP contribution in [0.5, 0.6) is 0 Å². The van der Waals surface area contributed by atoms with Crippen LogP contribution >= 0.6 is 0 Å². The van der Waals surface area contributed by atoms with Gasteiger partial charge in [-0.15, -0.1) is 0 Å². The van der Waals surface area contributed by atoms with Crippen molar-refractivity contribution in [2.24, 2.45) is 11.8 Å². The molecule has 1 fully saturated rings. The molecular weight excluding hydrogens is 332 g/mol. The zero-order chi connectivity index (χ0) is 19.1. The van der Waals surface area contributed by atoms with Crippen molar-refractivity contribution >= 4 is 11.6 Å². The van der Waals surface area contributed by atoms with Gasteiger partial charge in [-0.25, -0.2) is 0 Å². The van der Waals surface area contributed by atoms with Crippen LogP contribution in [0.1, 0.15) is 37.8 Å². The lowest BCUT2D eigenvalue weighted by molar-refractivity contribution is -0.118. The highest BCUT2D eigenvalue weighted by Crippen LogP contribution is 2.22. The van der Waals surface area contributed by atoms with Gasteiger partial charge in [-0.3, -0.25) is 4.79 Å². The molecule has 3 rings (SSSR count). The summed E-state index contributed by atoms with van der Waals surface area (Å²) >= 11 is 0. The molecule has 1 heterocycles. The summed E-state index contributed by atoms with van der Waals surface area (Å²) in [4.78, 5) is 14.4. The molecule has 0 aromatic heterocycles. The van der Waals surface area contributed by atoms with E-state index < -0.39 is 0 Å². The minimum Gasteiger partial charge on any atom is -0.326 e. The maximum absolute atomic E-state index is 11.8. The van der Waals surface area contributed by atoms with Crippen molar-refractivity contribution in [3.8, 4) is 0 Å². The van der Waals surface area contributed by atoms with Gasteiger partial charge < -0.3 is 10.2 Å². The quantitative estimate of drug-likeness (QED) is 0.767. The number of piperidine rings is 1. The fourth-order valence-electron chi connectivity index (χ4n) is 3.80. The molecule has 1 aliphatic rings. The molecule has 0 bridgehead atoms. The second-order valence-corrected chi connectivity index (χ2v) is 8.09. The number of rotatable bonds is 7. The Morgan fingerprint density at radius 3 is 2.52 bits per heavy atom. The summed E-state index contributed by atoms with van der Waals surface area (Å²) in [7, 11) is 0. The largest absolute Gasteiger partial charge is 0.326 e. The van der Waals surface area contributed by atoms with Crippen LogP contribution in [0.15, 0.2) is 54.6 Å². The molecule has 1 atom stereocenters. The first kappa shape index (κ1) is 19.6. The Hall–Kier alpha value is -2.13. The summed E-state index contributed by atoms with van der Waals surface area (Å²) in [6, 6.07) is 19.2. The summed E-state index contributed by atoms with van der Waals surface area (Å²) in [6.07, 6.45) is 4.87. The lowest BCUT2D eigenvalue weighted by Gasteiger charge is -2.33. The zero-order valence-electron chi connectivity index (χ0n) is 16.7. The van der Waals surface area contributed by atoms with Crippen LogP contribution in [-0.2, 0) is 17.6 Å². The molecule has 3 heteroatoms. The summed E-state index contributed by atoms with van der Waals surface area (Å²) < 4.78 is 0. The number of hydrogen-bond acceptors (Lipinski definition) is 2. The average molecular weight is 365 g/mol. The van der Waals surface area contributed by atoms with Gasteiger partial charge in [-0.1, -0.05) is 56.3 Å². The zero-order valence-corrected chi connectivity index (χ0v) is 16.7. The molecule has 0 aliphatic carbocycles. The Bertz CT molecular complexity index is 709. The van der Waals surface area contributed by atoms with E-state index in [2.05, 4.69) is 52.7 Å². The minimum atomic E-state index is 0.00813. The van der Waals surface area contributed by atoms with Gasteiger partial charge >= 0.3 is 0 Å². The van der Waals surface area contributed by atoms with Crippen molar-refractivity contribution in [2.75, 3.05) is 25.0 Å². The molecule has 2 aromatic rings. The molecule has 0 radical (unpaired) electrons. The van der Waals surface area contributed by atoms with Crippen LogP contribution in [0.4, 0.5) is 5.69 Å². The summed E-state index contributed by atoms with van der Waals surface area (Å²) in [6.45, 7) is 7.40. The van der Waals surface area contributed by atoms with E-state index in [1.807, 2.05) is 26.0 Å². The Kier molecular flexibility index (Phi) is 7.05. The first-order valence-electron chi connectivity index (χ1n) is 10.3. The maximum atomic E-state index is 11.8. The fraction of sp³-hybridized carbons (Fsp3) is 0.458. The Balaban J connectivity index is 1.48. The van der Waals surface area contributed by atoms with Crippen molar-refractivity contribution in [2.45, 2.75) is 39.5 Å². The molecule has 1 amide bonds. The number of likely N-dealkylation sites (tertiary alicyclic amines) is 1. The molecule has 2 aromatic carbocycles. The van der Waals surface area contributed by atoms with Gasteiger partial charge in [0.15, 0.2) is 0 Å². The van der Waals surface area contributed by atoms with Crippen LogP contribution in [0.3, 0.4) is 0 Å². The number of nitrogens with one attached hydrogen (secondary N) is 1. The number of hydrogen-bond donors (Lipinski definition) is 1. The fourth-order valence-corrected chi connectivity index (χ4v) is 3.80. The Morgan fingerprint density at radius 2 is 1.81 bits per heavy atom. The lowest BCUT2D eigenvalue weighted by atomic mass is 9.91. The van der Waals surface area contributed by atoms with Crippen LogP contribution in [-0.4, -0.2) is 30.4 Å². The predicted molar refractivity (Wildman–Crippen MR) is 113 cm³/mol. The van der Waals surface area contributed by atoms with Crippen LogP contribution < -0.4 is 5.32 Å². The number of carbonyl (C=O) groups excluding carboxylic acids is 1. The monoisotopic (exact) mass is 364 g/mol. The Labute approximate surface area is 163 Å². The van der Waals surface area contributed by atoms with Gasteiger partial charge in [-0.2, -0.15) is 0 Å². The van der Waals surface area contributed by atoms with Crippen molar-refractivity contribution in [3.63, 3.8) is 0 Å². The van der Waals surface area contributed by atoms with Gasteiger partial charge in [0.05, 0.1) is 0 Å². The van der Waals surface area contributed by atoms with Gasteiger partial charge in [0.25, 0.3) is 0 Å². The number of nitrogens with zero attached hydrogens (tertiary/aromatic N) is 1. The summed E-state index contributed by atoms with van der Waals surface area (Å²) in [5, 5.41) is 2.96. The number of amides is 1. The molecule has 0 saturated carbocycles. The number of anilines is 1. The van der Waals surface area contributed by atoms with Crippen molar-refractivity contribution in [1.82, 2.24) is 4.90 Å². The van der Waals surface area contributed by atoms with Crippen LogP contribution in [0, 0.1) is 11.8 Å². The van der Waals surface area contributed by atoms with Crippen molar-refractivity contribution in [1.29, 1.82) is 0 Å². The predicted octanol–water partition coefficient (Wildman–Crippen LogP) is 4.78. The molecule has 144 valence electrons. The van der Waals surface area contributed by atoms with E-state index >= 15 is 0 Å². The van der Waals surface area contributed by atoms with E-state index in [1.165, 1.54) is 37.1 Å². The average Bonchev–Trinajstić information content (AvgIpc) is 2.69. The van der Waals surface area contributed by atoms with E-state index in [9.17, 15) is 4.79 Å². The van der Waals surface area contributed by atoms with Crippen LogP contribution in [0.25, 0.3) is 0 Å². The molecule has 1 saturated heterocycles. The molecular formula is C24H32N2O. The molecule has 1 unspecified atom stereocenters. The van der Waals surface area contributed by atoms with E-state index in [0.29, 0.717) is 0 Å². The SMILES string of the molecule is CC(C)C(=O)Nc1ccc(CC2CCCN(CCc3ccccc3)C2)cc1. The Morgan fingerprint density at radius 1 is 1.07 bits per heavy atom. The highest BCUT2D eigenvalue weighted by atomic mass is 16.1. The van der Waals surface area contributed by atoms with Crippen molar-refractivity contribution in [3.05, 3.63) is 65.7 Å². The molecule has 27 heavy (non-hydrogen) atoms. The molecule has 1 N–H and O–H groups in total. The van der Waals surface area contributed by atoms with Gasteiger partial charge in [0.1, 0.15) is 0 Å². The first-order chi connectivity index (χ1) is 13.1. The van der Waals surface area contributed by atoms with Crippen LogP contribution in [0.2, 0.25) is 0 Å². The summed E-state index contributed by atoms with van der Waals surface area (Å²) in [5.74, 6) is 0.809. The normalized spacial score (nSPS) is 17.8. The third-order valence-electron chi connectivity index (χ3n) is 5.43. The molecule has 3 nitrogen and oxygen atoms in total. The topological polar surface area (TPSA) is 32.3 Å². The van der Waals surface area contributed by atoms with Gasteiger partial charge in [-0.05, 0) is 61.4 Å². The van der Waals surface area contributed by atoms with E-state index in [1.54, 1.807) is 0 Å². The van der Waals surface area contributed by atoms with Gasteiger partial charge in [0, 0.05) is 24.7 Å². The van der Waals surface area contributed by atoms with E-state index in [0.717, 1.165) is 31.0 Å². The van der Waals surface area contributed by atoms with E-state index in [4.69, 9.17) is 0 Å². The first-order valence-corrected chi connectivity index (χ1v) is 10.3. The second-order valence-electron chi connectivity index (χ2n) is 8.09. The lowest BCUT2D eigenvalue weighted by Crippen LogP contribution is -2.37. The molecule has 0 spiro atoms. The third kappa shape index (κ3) is 6.21. The van der Waals surface area contributed by atoms with Crippen molar-refractivity contribution < 1.29 is 4.79 Å². The standard InChI is InChI=1S/C24H32N2O/c1-19(2)24(27)25-23-12-10-21(11-13-23)17-22-9-6-15-26(18-22)16-14-20-7-4-3-5-8-20/h3-5,7-8,10-13,19,22H,6,9,14-18H2,1-2H3,(H,25,27). The summed E-state index contributed by atoms with van der Waals surface area (Å²) in [5.41, 5.74) is 3.69. The van der Waals surface area contributed by atoms with Gasteiger partial charge in [0.2, 0.25) is 5.91 Å². The molecule has 1 aliphatic heterocycles. The number of carbonyl (C=O) groups is 1.